The Bertz CT molecular complexity index is 229. The SMILES string of the molecule is OCCCCCCNC1CCCC1C1CCCCN1. The maximum Gasteiger partial charge on any atom is 0.0431 e. The summed E-state index contributed by atoms with van der Waals surface area (Å²) in [5, 5.41) is 16.3. The van der Waals surface area contributed by atoms with Gasteiger partial charge in [0.15, 0.2) is 0 Å². The molecule has 0 radical (unpaired) electrons. The van der Waals surface area contributed by atoms with Crippen LogP contribution in [0.1, 0.15) is 64.2 Å². The molecule has 3 atom stereocenters. The first kappa shape index (κ1) is 15.3. The summed E-state index contributed by atoms with van der Waals surface area (Å²) in [6.07, 6.45) is 13.0. The lowest BCUT2D eigenvalue weighted by atomic mass is 9.88. The van der Waals surface area contributed by atoms with Crippen LogP contribution in [0.5, 0.6) is 0 Å². The summed E-state index contributed by atoms with van der Waals surface area (Å²) in [5.74, 6) is 0.873. The molecular weight excluding hydrogens is 236 g/mol. The first-order chi connectivity index (χ1) is 9.42. The van der Waals surface area contributed by atoms with Gasteiger partial charge >= 0.3 is 0 Å². The zero-order chi connectivity index (χ0) is 13.3. The Hall–Kier alpha value is -0.120. The van der Waals surface area contributed by atoms with Crippen LogP contribution < -0.4 is 10.6 Å². The number of hydrogen-bond donors (Lipinski definition) is 3. The van der Waals surface area contributed by atoms with Crippen molar-refractivity contribution in [2.75, 3.05) is 19.7 Å². The van der Waals surface area contributed by atoms with Gasteiger partial charge in [-0.3, -0.25) is 0 Å². The zero-order valence-electron chi connectivity index (χ0n) is 12.4. The molecule has 3 unspecified atom stereocenters. The van der Waals surface area contributed by atoms with E-state index >= 15 is 0 Å². The minimum atomic E-state index is 0.353. The standard InChI is InChI=1S/C16H32N2O/c19-13-6-2-1-4-11-17-16-10-7-8-14(16)15-9-3-5-12-18-15/h14-19H,1-13H2. The maximum absolute atomic E-state index is 8.75. The quantitative estimate of drug-likeness (QED) is 0.593. The molecule has 1 aliphatic carbocycles. The summed E-state index contributed by atoms with van der Waals surface area (Å²) in [5.41, 5.74) is 0. The topological polar surface area (TPSA) is 44.3 Å². The molecule has 1 saturated heterocycles. The van der Waals surface area contributed by atoms with Gasteiger partial charge in [0, 0.05) is 18.7 Å². The molecule has 0 aromatic heterocycles. The third-order valence-electron chi connectivity index (χ3n) is 4.93. The summed E-state index contributed by atoms with van der Waals surface area (Å²) in [6.45, 7) is 2.75. The summed E-state index contributed by atoms with van der Waals surface area (Å²) in [6, 6.07) is 1.54. The fourth-order valence-electron chi connectivity index (χ4n) is 3.85. The highest BCUT2D eigenvalue weighted by molar-refractivity contribution is 4.92. The third-order valence-corrected chi connectivity index (χ3v) is 4.93. The van der Waals surface area contributed by atoms with E-state index in [0.717, 1.165) is 24.4 Å². The van der Waals surface area contributed by atoms with Gasteiger partial charge in [-0.15, -0.1) is 0 Å². The molecule has 2 aliphatic rings. The van der Waals surface area contributed by atoms with E-state index < -0.39 is 0 Å². The molecule has 2 fully saturated rings. The van der Waals surface area contributed by atoms with Crippen molar-refractivity contribution in [2.24, 2.45) is 5.92 Å². The van der Waals surface area contributed by atoms with Gasteiger partial charge in [-0.25, -0.2) is 0 Å². The highest BCUT2D eigenvalue weighted by Gasteiger charge is 2.33. The van der Waals surface area contributed by atoms with Gasteiger partial charge in [0.1, 0.15) is 0 Å². The van der Waals surface area contributed by atoms with E-state index in [2.05, 4.69) is 10.6 Å². The van der Waals surface area contributed by atoms with Crippen molar-refractivity contribution in [3.63, 3.8) is 0 Å². The molecule has 0 aromatic carbocycles. The number of unbranched alkanes of at least 4 members (excludes halogenated alkanes) is 3. The van der Waals surface area contributed by atoms with Crippen molar-refractivity contribution in [3.8, 4) is 0 Å². The first-order valence-electron chi connectivity index (χ1n) is 8.49. The van der Waals surface area contributed by atoms with Crippen LogP contribution in [-0.4, -0.2) is 36.9 Å². The number of piperidine rings is 1. The lowest BCUT2D eigenvalue weighted by molar-refractivity contribution is 0.256. The van der Waals surface area contributed by atoms with Gasteiger partial charge in [0.05, 0.1) is 0 Å². The van der Waals surface area contributed by atoms with E-state index in [0.29, 0.717) is 6.61 Å². The van der Waals surface area contributed by atoms with Crippen LogP contribution in [0.25, 0.3) is 0 Å². The Morgan fingerprint density at radius 1 is 0.947 bits per heavy atom. The number of rotatable bonds is 8. The molecule has 3 N–H and O–H groups in total. The number of aliphatic hydroxyl groups is 1. The van der Waals surface area contributed by atoms with Crippen LogP contribution in [0.2, 0.25) is 0 Å². The largest absolute Gasteiger partial charge is 0.396 e. The minimum Gasteiger partial charge on any atom is -0.396 e. The number of aliphatic hydroxyl groups excluding tert-OH is 1. The van der Waals surface area contributed by atoms with E-state index in [-0.39, 0.29) is 0 Å². The predicted molar refractivity (Wildman–Crippen MR) is 80.3 cm³/mol. The van der Waals surface area contributed by atoms with Crippen LogP contribution >= 0.6 is 0 Å². The molecule has 112 valence electrons. The van der Waals surface area contributed by atoms with Crippen molar-refractivity contribution >= 4 is 0 Å². The van der Waals surface area contributed by atoms with Gasteiger partial charge < -0.3 is 15.7 Å². The fraction of sp³-hybridized carbons (Fsp3) is 1.00. The summed E-state index contributed by atoms with van der Waals surface area (Å²) >= 11 is 0. The fourth-order valence-corrected chi connectivity index (χ4v) is 3.85. The summed E-state index contributed by atoms with van der Waals surface area (Å²) in [7, 11) is 0. The van der Waals surface area contributed by atoms with Gasteiger partial charge in [-0.1, -0.05) is 25.7 Å². The molecule has 2 rings (SSSR count). The number of nitrogens with one attached hydrogen (secondary N) is 2. The molecular formula is C16H32N2O. The van der Waals surface area contributed by atoms with E-state index in [4.69, 9.17) is 5.11 Å². The molecule has 0 bridgehead atoms. The van der Waals surface area contributed by atoms with Gasteiger partial charge in [-0.2, -0.15) is 0 Å². The van der Waals surface area contributed by atoms with E-state index in [1.807, 2.05) is 0 Å². The molecule has 19 heavy (non-hydrogen) atoms. The van der Waals surface area contributed by atoms with Crippen LogP contribution in [0.3, 0.4) is 0 Å². The van der Waals surface area contributed by atoms with Crippen molar-refractivity contribution < 1.29 is 5.11 Å². The van der Waals surface area contributed by atoms with Crippen LogP contribution in [0, 0.1) is 5.92 Å². The molecule has 0 aromatic rings. The highest BCUT2D eigenvalue weighted by Crippen LogP contribution is 2.31. The zero-order valence-corrected chi connectivity index (χ0v) is 12.4. The van der Waals surface area contributed by atoms with Crippen molar-refractivity contribution in [1.29, 1.82) is 0 Å². The van der Waals surface area contributed by atoms with Crippen molar-refractivity contribution in [1.82, 2.24) is 10.6 Å². The average molecular weight is 268 g/mol. The Morgan fingerprint density at radius 3 is 2.63 bits per heavy atom. The summed E-state index contributed by atoms with van der Waals surface area (Å²) < 4.78 is 0. The smallest absolute Gasteiger partial charge is 0.0431 e. The Labute approximate surface area is 118 Å². The second-order valence-electron chi connectivity index (χ2n) is 6.35. The predicted octanol–water partition coefficient (Wildman–Crippen LogP) is 2.44. The van der Waals surface area contributed by atoms with Crippen LogP contribution in [-0.2, 0) is 0 Å². The van der Waals surface area contributed by atoms with Gasteiger partial charge in [-0.05, 0) is 57.5 Å². The molecule has 1 aliphatic heterocycles. The van der Waals surface area contributed by atoms with Gasteiger partial charge in [0.2, 0.25) is 0 Å². The van der Waals surface area contributed by atoms with Crippen molar-refractivity contribution in [3.05, 3.63) is 0 Å². The van der Waals surface area contributed by atoms with Crippen LogP contribution in [0.4, 0.5) is 0 Å². The van der Waals surface area contributed by atoms with E-state index in [1.165, 1.54) is 70.9 Å². The molecule has 3 nitrogen and oxygen atoms in total. The molecule has 0 amide bonds. The van der Waals surface area contributed by atoms with E-state index in [9.17, 15) is 0 Å². The Kier molecular flexibility index (Phi) is 7.18. The second-order valence-corrected chi connectivity index (χ2v) is 6.35. The van der Waals surface area contributed by atoms with Crippen molar-refractivity contribution in [2.45, 2.75) is 76.3 Å². The average Bonchev–Trinajstić information content (AvgIpc) is 2.92. The normalized spacial score (nSPS) is 31.7. The number of hydrogen-bond acceptors (Lipinski definition) is 3. The van der Waals surface area contributed by atoms with Gasteiger partial charge in [0.25, 0.3) is 0 Å². The molecule has 3 heteroatoms. The summed E-state index contributed by atoms with van der Waals surface area (Å²) in [4.78, 5) is 0. The Morgan fingerprint density at radius 2 is 1.84 bits per heavy atom. The molecule has 1 heterocycles. The second kappa shape index (κ2) is 8.93. The Balaban J connectivity index is 1.61. The highest BCUT2D eigenvalue weighted by atomic mass is 16.2. The minimum absolute atomic E-state index is 0.353. The lowest BCUT2D eigenvalue weighted by Gasteiger charge is -2.33. The van der Waals surface area contributed by atoms with E-state index in [1.54, 1.807) is 0 Å². The molecule has 1 saturated carbocycles. The monoisotopic (exact) mass is 268 g/mol. The molecule has 0 spiro atoms. The lowest BCUT2D eigenvalue weighted by Crippen LogP contribution is -2.47. The third kappa shape index (κ3) is 5.05. The van der Waals surface area contributed by atoms with Crippen LogP contribution in [0.15, 0.2) is 0 Å². The maximum atomic E-state index is 8.75. The first-order valence-corrected chi connectivity index (χ1v) is 8.49.